The van der Waals surface area contributed by atoms with Crippen LogP contribution >= 0.6 is 15.9 Å². The summed E-state index contributed by atoms with van der Waals surface area (Å²) >= 11 is 3.37. The molecular formula is C20H19BrN4O5. The van der Waals surface area contributed by atoms with E-state index in [9.17, 15) is 14.9 Å². The zero-order valence-electron chi connectivity index (χ0n) is 16.3. The summed E-state index contributed by atoms with van der Waals surface area (Å²) in [6, 6.07) is 10.9. The fourth-order valence-electron chi connectivity index (χ4n) is 2.68. The van der Waals surface area contributed by atoms with Gasteiger partial charge in [-0.05, 0) is 47.1 Å². The van der Waals surface area contributed by atoms with Crippen molar-refractivity contribution in [3.8, 4) is 17.2 Å². The topological polar surface area (TPSA) is 109 Å². The van der Waals surface area contributed by atoms with E-state index < -0.39 is 4.92 Å². The molecule has 0 aliphatic rings. The first-order valence-corrected chi connectivity index (χ1v) is 9.74. The first kappa shape index (κ1) is 21.3. The van der Waals surface area contributed by atoms with Gasteiger partial charge in [0.05, 0.1) is 41.0 Å². The van der Waals surface area contributed by atoms with Crippen molar-refractivity contribution in [2.75, 3.05) is 12.4 Å². The molecule has 156 valence electrons. The molecule has 0 unspecified atom stereocenters. The van der Waals surface area contributed by atoms with E-state index in [4.69, 9.17) is 9.47 Å². The van der Waals surface area contributed by atoms with Crippen molar-refractivity contribution in [2.24, 2.45) is 0 Å². The summed E-state index contributed by atoms with van der Waals surface area (Å²) in [5.74, 6) is 1.08. The van der Waals surface area contributed by atoms with Crippen molar-refractivity contribution < 1.29 is 19.2 Å². The van der Waals surface area contributed by atoms with Crippen molar-refractivity contribution >= 4 is 33.2 Å². The zero-order valence-corrected chi connectivity index (χ0v) is 17.9. The lowest BCUT2D eigenvalue weighted by atomic mass is 10.2. The Kier molecular flexibility index (Phi) is 6.68. The molecule has 1 heterocycles. The smallest absolute Gasteiger partial charge is 0.275 e. The number of aryl methyl sites for hydroxylation is 1. The summed E-state index contributed by atoms with van der Waals surface area (Å²) < 4.78 is 13.4. The number of benzene rings is 2. The second-order valence-corrected chi connectivity index (χ2v) is 7.20. The van der Waals surface area contributed by atoms with Crippen LogP contribution in [0.1, 0.15) is 12.1 Å². The van der Waals surface area contributed by atoms with Crippen molar-refractivity contribution in [3.63, 3.8) is 0 Å². The molecule has 3 aromatic rings. The molecule has 0 aliphatic carbocycles. The van der Waals surface area contributed by atoms with Gasteiger partial charge in [-0.3, -0.25) is 19.6 Å². The molecule has 0 fully saturated rings. The number of carbonyl (C=O) groups is 1. The Labute approximate surface area is 180 Å². The Morgan fingerprint density at radius 3 is 2.50 bits per heavy atom. The maximum absolute atomic E-state index is 12.3. The second kappa shape index (κ2) is 9.40. The van der Waals surface area contributed by atoms with Crippen LogP contribution in [0.5, 0.6) is 17.2 Å². The minimum absolute atomic E-state index is 0.159. The number of nitrogens with one attached hydrogen (secondary N) is 1. The van der Waals surface area contributed by atoms with Crippen LogP contribution in [0.4, 0.5) is 11.4 Å². The molecule has 0 spiro atoms. The van der Waals surface area contributed by atoms with Gasteiger partial charge >= 0.3 is 0 Å². The first-order chi connectivity index (χ1) is 14.4. The Balaban J connectivity index is 1.72. The van der Waals surface area contributed by atoms with Crippen LogP contribution in [0.15, 0.2) is 53.1 Å². The van der Waals surface area contributed by atoms with Gasteiger partial charge in [-0.25, -0.2) is 0 Å². The lowest BCUT2D eigenvalue weighted by Gasteiger charge is -2.10. The van der Waals surface area contributed by atoms with Gasteiger partial charge in [0, 0.05) is 24.2 Å². The number of hydrogen-bond donors (Lipinski definition) is 1. The van der Waals surface area contributed by atoms with Crippen LogP contribution in [0.3, 0.4) is 0 Å². The predicted molar refractivity (Wildman–Crippen MR) is 114 cm³/mol. The van der Waals surface area contributed by atoms with Gasteiger partial charge < -0.3 is 14.8 Å². The van der Waals surface area contributed by atoms with E-state index in [0.717, 1.165) is 10.2 Å². The van der Waals surface area contributed by atoms with Crippen LogP contribution in [0, 0.1) is 17.0 Å². The number of nitro groups is 1. The van der Waals surface area contributed by atoms with Crippen LogP contribution in [0.25, 0.3) is 0 Å². The Morgan fingerprint density at radius 1 is 1.20 bits per heavy atom. The molecule has 0 bridgehead atoms. The normalized spacial score (nSPS) is 10.5. The van der Waals surface area contributed by atoms with Crippen LogP contribution in [-0.4, -0.2) is 27.7 Å². The molecule has 3 rings (SSSR count). The molecule has 10 heteroatoms. The molecule has 0 radical (unpaired) electrons. The SMILES string of the molecule is COc1ccc(Oc2cc(NC(=O)CCn3ncc(Br)c3C)cc([N+](=O)[O-])c2)cc1. The third-order valence-corrected chi connectivity index (χ3v) is 5.05. The summed E-state index contributed by atoms with van der Waals surface area (Å²) in [5.41, 5.74) is 0.993. The summed E-state index contributed by atoms with van der Waals surface area (Å²) in [6.07, 6.45) is 1.82. The Morgan fingerprint density at radius 2 is 1.90 bits per heavy atom. The lowest BCUT2D eigenvalue weighted by molar-refractivity contribution is -0.384. The van der Waals surface area contributed by atoms with E-state index in [1.54, 1.807) is 42.3 Å². The van der Waals surface area contributed by atoms with Crippen molar-refractivity contribution in [1.82, 2.24) is 9.78 Å². The van der Waals surface area contributed by atoms with Crippen molar-refractivity contribution in [3.05, 3.63) is 68.9 Å². The summed E-state index contributed by atoms with van der Waals surface area (Å²) in [4.78, 5) is 23.1. The standard InChI is InChI=1S/C20H19BrN4O5/c1-13-19(21)12-22-24(13)8-7-20(26)23-14-9-15(25(27)28)11-18(10-14)30-17-5-3-16(29-2)4-6-17/h3-6,9-12H,7-8H2,1-2H3,(H,23,26). The minimum Gasteiger partial charge on any atom is -0.497 e. The van der Waals surface area contributed by atoms with Gasteiger partial charge in [-0.15, -0.1) is 0 Å². The van der Waals surface area contributed by atoms with Crippen molar-refractivity contribution in [2.45, 2.75) is 19.9 Å². The third-order valence-electron chi connectivity index (χ3n) is 4.27. The first-order valence-electron chi connectivity index (χ1n) is 8.95. The zero-order chi connectivity index (χ0) is 21.7. The highest BCUT2D eigenvalue weighted by Crippen LogP contribution is 2.30. The molecule has 0 saturated carbocycles. The van der Waals surface area contributed by atoms with E-state index in [2.05, 4.69) is 26.3 Å². The maximum atomic E-state index is 12.3. The average molecular weight is 475 g/mol. The summed E-state index contributed by atoms with van der Waals surface area (Å²) in [5, 5.41) is 18.1. The number of ether oxygens (including phenoxy) is 2. The van der Waals surface area contributed by atoms with E-state index in [1.165, 1.54) is 18.2 Å². The summed E-state index contributed by atoms with van der Waals surface area (Å²) in [7, 11) is 1.55. The minimum atomic E-state index is -0.541. The number of aromatic nitrogens is 2. The number of methoxy groups -OCH3 is 1. The van der Waals surface area contributed by atoms with Gasteiger partial charge in [0.25, 0.3) is 5.69 Å². The van der Waals surface area contributed by atoms with E-state index in [1.807, 2.05) is 6.92 Å². The van der Waals surface area contributed by atoms with E-state index >= 15 is 0 Å². The average Bonchev–Trinajstić information content (AvgIpc) is 3.04. The molecule has 1 N–H and O–H groups in total. The van der Waals surface area contributed by atoms with Gasteiger partial charge in [0.1, 0.15) is 17.2 Å². The van der Waals surface area contributed by atoms with Crippen LogP contribution in [-0.2, 0) is 11.3 Å². The number of non-ortho nitro benzene ring substituents is 1. The maximum Gasteiger partial charge on any atom is 0.275 e. The number of nitro benzene ring substituents is 1. The van der Waals surface area contributed by atoms with Gasteiger partial charge in [0.15, 0.2) is 0 Å². The Bertz CT molecular complexity index is 1070. The number of hydrogen-bond acceptors (Lipinski definition) is 6. The number of anilines is 1. The molecule has 0 atom stereocenters. The van der Waals surface area contributed by atoms with E-state index in [0.29, 0.717) is 18.0 Å². The molecule has 0 saturated heterocycles. The monoisotopic (exact) mass is 474 g/mol. The molecule has 1 amide bonds. The molecule has 2 aromatic carbocycles. The highest BCUT2D eigenvalue weighted by molar-refractivity contribution is 9.10. The highest BCUT2D eigenvalue weighted by Gasteiger charge is 2.14. The number of amides is 1. The van der Waals surface area contributed by atoms with Gasteiger partial charge in [0.2, 0.25) is 5.91 Å². The molecular weight excluding hydrogens is 456 g/mol. The Hall–Kier alpha value is -3.40. The fraction of sp³-hybridized carbons (Fsp3) is 0.200. The number of nitrogens with zero attached hydrogens (tertiary/aromatic N) is 3. The van der Waals surface area contributed by atoms with Crippen LogP contribution in [0.2, 0.25) is 0 Å². The van der Waals surface area contributed by atoms with Gasteiger partial charge in [-0.2, -0.15) is 5.10 Å². The molecule has 0 aliphatic heterocycles. The number of halogens is 1. The highest BCUT2D eigenvalue weighted by atomic mass is 79.9. The third kappa shape index (κ3) is 5.35. The van der Waals surface area contributed by atoms with E-state index in [-0.39, 0.29) is 29.5 Å². The van der Waals surface area contributed by atoms with Crippen LogP contribution < -0.4 is 14.8 Å². The fourth-order valence-corrected chi connectivity index (χ4v) is 2.98. The molecule has 30 heavy (non-hydrogen) atoms. The lowest BCUT2D eigenvalue weighted by Crippen LogP contribution is -2.15. The number of carbonyl (C=O) groups excluding carboxylic acids is 1. The van der Waals surface area contributed by atoms with Gasteiger partial charge in [-0.1, -0.05) is 0 Å². The summed E-state index contributed by atoms with van der Waals surface area (Å²) in [6.45, 7) is 2.27. The van der Waals surface area contributed by atoms with Crippen molar-refractivity contribution in [1.29, 1.82) is 0 Å². The second-order valence-electron chi connectivity index (χ2n) is 6.35. The predicted octanol–water partition coefficient (Wildman–Crippen LogP) is 4.69. The quantitative estimate of drug-likeness (QED) is 0.374. The largest absolute Gasteiger partial charge is 0.497 e. The number of rotatable bonds is 8. The molecule has 1 aromatic heterocycles. The molecule has 9 nitrogen and oxygen atoms in total.